The average Bonchev–Trinajstić information content (AvgIpc) is 2.41. The number of anilines is 2. The summed E-state index contributed by atoms with van der Waals surface area (Å²) in [6, 6.07) is 13.8. The van der Waals surface area contributed by atoms with Crippen molar-refractivity contribution < 1.29 is 4.39 Å². The summed E-state index contributed by atoms with van der Waals surface area (Å²) in [5.74, 6) is -0.288. The Bertz CT molecular complexity index is 726. The fraction of sp³-hybridized carbons (Fsp3) is 0. The predicted molar refractivity (Wildman–Crippen MR) is 76.4 cm³/mol. The second-order valence-electron chi connectivity index (χ2n) is 4.15. The lowest BCUT2D eigenvalue weighted by Crippen LogP contribution is -1.92. The van der Waals surface area contributed by atoms with Crippen LogP contribution in [0.3, 0.4) is 0 Å². The lowest BCUT2D eigenvalue weighted by atomic mass is 10.1. The van der Waals surface area contributed by atoms with Crippen LogP contribution in [0.15, 0.2) is 54.7 Å². The number of rotatable bonds is 2. The lowest BCUT2D eigenvalue weighted by molar-refractivity contribution is 0.629. The molecule has 0 saturated heterocycles. The van der Waals surface area contributed by atoms with Gasteiger partial charge in [-0.1, -0.05) is 11.6 Å². The van der Waals surface area contributed by atoms with Gasteiger partial charge in [-0.05, 0) is 42.5 Å². The van der Waals surface area contributed by atoms with E-state index in [-0.39, 0.29) is 5.82 Å². The molecule has 1 heterocycles. The minimum Gasteiger partial charge on any atom is -0.355 e. The zero-order valence-corrected chi connectivity index (χ0v) is 10.7. The first-order valence-electron chi connectivity index (χ1n) is 5.79. The standard InChI is InChI=1S/C15H10ClFN2/c16-10-1-4-12(5-2-10)19-14-7-8-18-15-9-11(17)3-6-13(14)15/h1-9H,(H,18,19). The quantitative estimate of drug-likeness (QED) is 0.727. The number of hydrogen-bond acceptors (Lipinski definition) is 2. The van der Waals surface area contributed by atoms with Gasteiger partial charge in [-0.25, -0.2) is 4.39 Å². The summed E-state index contributed by atoms with van der Waals surface area (Å²) < 4.78 is 13.2. The van der Waals surface area contributed by atoms with Gasteiger partial charge in [-0.3, -0.25) is 4.98 Å². The molecular formula is C15H10ClFN2. The van der Waals surface area contributed by atoms with Gasteiger partial charge in [0.15, 0.2) is 0 Å². The molecule has 2 nitrogen and oxygen atoms in total. The van der Waals surface area contributed by atoms with Crippen LogP contribution in [-0.4, -0.2) is 4.98 Å². The molecule has 0 radical (unpaired) electrons. The summed E-state index contributed by atoms with van der Waals surface area (Å²) >= 11 is 5.85. The van der Waals surface area contributed by atoms with Gasteiger partial charge in [0.2, 0.25) is 0 Å². The van der Waals surface area contributed by atoms with Crippen LogP contribution in [0.1, 0.15) is 0 Å². The van der Waals surface area contributed by atoms with Crippen molar-refractivity contribution in [2.45, 2.75) is 0 Å². The van der Waals surface area contributed by atoms with Gasteiger partial charge in [0.1, 0.15) is 5.82 Å². The maximum Gasteiger partial charge on any atom is 0.125 e. The van der Waals surface area contributed by atoms with Crippen molar-refractivity contribution in [2.75, 3.05) is 5.32 Å². The lowest BCUT2D eigenvalue weighted by Gasteiger charge is -2.09. The van der Waals surface area contributed by atoms with Crippen LogP contribution in [0.5, 0.6) is 0 Å². The molecule has 0 aliphatic carbocycles. The van der Waals surface area contributed by atoms with Crippen LogP contribution >= 0.6 is 11.6 Å². The largest absolute Gasteiger partial charge is 0.355 e. The van der Waals surface area contributed by atoms with E-state index in [0.29, 0.717) is 10.5 Å². The Morgan fingerprint density at radius 2 is 1.79 bits per heavy atom. The van der Waals surface area contributed by atoms with E-state index >= 15 is 0 Å². The second-order valence-corrected chi connectivity index (χ2v) is 4.59. The molecule has 3 rings (SSSR count). The summed E-state index contributed by atoms with van der Waals surface area (Å²) in [6.45, 7) is 0. The molecule has 0 fully saturated rings. The van der Waals surface area contributed by atoms with Crippen LogP contribution in [0.2, 0.25) is 5.02 Å². The van der Waals surface area contributed by atoms with E-state index in [2.05, 4.69) is 10.3 Å². The van der Waals surface area contributed by atoms with Gasteiger partial charge in [-0.15, -0.1) is 0 Å². The van der Waals surface area contributed by atoms with Gasteiger partial charge < -0.3 is 5.32 Å². The van der Waals surface area contributed by atoms with Crippen molar-refractivity contribution in [1.82, 2.24) is 4.98 Å². The van der Waals surface area contributed by atoms with Crippen LogP contribution < -0.4 is 5.32 Å². The topological polar surface area (TPSA) is 24.9 Å². The highest BCUT2D eigenvalue weighted by Crippen LogP contribution is 2.26. The monoisotopic (exact) mass is 272 g/mol. The third kappa shape index (κ3) is 2.51. The normalized spacial score (nSPS) is 10.6. The molecule has 2 aromatic carbocycles. The number of nitrogens with zero attached hydrogens (tertiary/aromatic N) is 1. The molecule has 0 aliphatic heterocycles. The van der Waals surface area contributed by atoms with Crippen LogP contribution in [0, 0.1) is 5.82 Å². The summed E-state index contributed by atoms with van der Waals surface area (Å²) in [7, 11) is 0. The van der Waals surface area contributed by atoms with Gasteiger partial charge in [0.25, 0.3) is 0 Å². The Balaban J connectivity index is 2.03. The molecule has 0 bridgehead atoms. The molecule has 19 heavy (non-hydrogen) atoms. The first-order valence-corrected chi connectivity index (χ1v) is 6.17. The highest BCUT2D eigenvalue weighted by molar-refractivity contribution is 6.30. The number of aromatic nitrogens is 1. The third-order valence-electron chi connectivity index (χ3n) is 2.83. The van der Waals surface area contributed by atoms with Gasteiger partial charge in [0, 0.05) is 34.0 Å². The summed E-state index contributed by atoms with van der Waals surface area (Å²) in [5.41, 5.74) is 2.42. The van der Waals surface area contributed by atoms with E-state index in [1.165, 1.54) is 12.1 Å². The Kier molecular flexibility index (Phi) is 3.05. The van der Waals surface area contributed by atoms with E-state index in [9.17, 15) is 4.39 Å². The van der Waals surface area contributed by atoms with Crippen molar-refractivity contribution in [3.8, 4) is 0 Å². The molecule has 0 amide bonds. The van der Waals surface area contributed by atoms with Crippen molar-refractivity contribution in [3.63, 3.8) is 0 Å². The SMILES string of the molecule is Fc1ccc2c(Nc3ccc(Cl)cc3)ccnc2c1. The zero-order valence-electron chi connectivity index (χ0n) is 9.90. The number of fused-ring (bicyclic) bond motifs is 1. The second kappa shape index (κ2) is 4.86. The van der Waals surface area contributed by atoms with E-state index in [4.69, 9.17) is 11.6 Å². The third-order valence-corrected chi connectivity index (χ3v) is 3.08. The maximum atomic E-state index is 13.2. The highest BCUT2D eigenvalue weighted by Gasteiger charge is 2.03. The van der Waals surface area contributed by atoms with Gasteiger partial charge in [0.05, 0.1) is 5.52 Å². The summed E-state index contributed by atoms with van der Waals surface area (Å²) in [6.07, 6.45) is 1.65. The predicted octanol–water partition coefficient (Wildman–Crippen LogP) is 4.77. The molecule has 4 heteroatoms. The molecular weight excluding hydrogens is 263 g/mol. The fourth-order valence-corrected chi connectivity index (χ4v) is 2.04. The van der Waals surface area contributed by atoms with Crippen molar-refractivity contribution in [1.29, 1.82) is 0 Å². The molecule has 0 aliphatic rings. The fourth-order valence-electron chi connectivity index (χ4n) is 1.92. The van der Waals surface area contributed by atoms with Crippen molar-refractivity contribution >= 4 is 33.9 Å². The first kappa shape index (κ1) is 11.9. The Hall–Kier alpha value is -2.13. The van der Waals surface area contributed by atoms with Crippen molar-refractivity contribution in [2.24, 2.45) is 0 Å². The highest BCUT2D eigenvalue weighted by atomic mass is 35.5. The smallest absolute Gasteiger partial charge is 0.125 e. The summed E-state index contributed by atoms with van der Waals surface area (Å²) in [5, 5.41) is 4.83. The van der Waals surface area contributed by atoms with Crippen LogP contribution in [0.25, 0.3) is 10.9 Å². The van der Waals surface area contributed by atoms with E-state index in [1.54, 1.807) is 12.3 Å². The number of benzene rings is 2. The first-order chi connectivity index (χ1) is 9.22. The number of pyridine rings is 1. The minimum absolute atomic E-state index is 0.288. The Morgan fingerprint density at radius 3 is 2.58 bits per heavy atom. The molecule has 0 saturated carbocycles. The molecule has 1 N–H and O–H groups in total. The van der Waals surface area contributed by atoms with Crippen LogP contribution in [0.4, 0.5) is 15.8 Å². The van der Waals surface area contributed by atoms with Crippen molar-refractivity contribution in [3.05, 3.63) is 65.6 Å². The van der Waals surface area contributed by atoms with E-state index < -0.39 is 0 Å². The van der Waals surface area contributed by atoms with E-state index in [1.807, 2.05) is 30.3 Å². The molecule has 1 aromatic heterocycles. The zero-order chi connectivity index (χ0) is 13.2. The number of nitrogens with one attached hydrogen (secondary N) is 1. The Morgan fingerprint density at radius 1 is 1.00 bits per heavy atom. The van der Waals surface area contributed by atoms with Gasteiger partial charge >= 0.3 is 0 Å². The number of halogens is 2. The Labute approximate surface area is 114 Å². The van der Waals surface area contributed by atoms with Gasteiger partial charge in [-0.2, -0.15) is 0 Å². The maximum absolute atomic E-state index is 13.2. The molecule has 3 aromatic rings. The average molecular weight is 273 g/mol. The summed E-state index contributed by atoms with van der Waals surface area (Å²) in [4.78, 5) is 4.16. The molecule has 0 spiro atoms. The molecule has 94 valence electrons. The van der Waals surface area contributed by atoms with Crippen LogP contribution in [-0.2, 0) is 0 Å². The number of hydrogen-bond donors (Lipinski definition) is 1. The molecule has 0 unspecified atom stereocenters. The minimum atomic E-state index is -0.288. The molecule has 0 atom stereocenters. The van der Waals surface area contributed by atoms with E-state index in [0.717, 1.165) is 16.8 Å².